The number of unbranched alkanes of at least 4 members (excludes halogenated alkanes) is 1. The minimum Gasteiger partial charge on any atom is -0.462 e. The van der Waals surface area contributed by atoms with Gasteiger partial charge in [0.2, 0.25) is 0 Å². The van der Waals surface area contributed by atoms with Crippen LogP contribution in [0.4, 0.5) is 10.5 Å². The molecule has 35 heavy (non-hydrogen) atoms. The molecule has 3 rings (SSSR count). The van der Waals surface area contributed by atoms with E-state index < -0.39 is 11.7 Å². The minimum atomic E-state index is -0.608. The lowest BCUT2D eigenvalue weighted by Crippen LogP contribution is -2.35. The summed E-state index contributed by atoms with van der Waals surface area (Å²) in [5.41, 5.74) is 4.39. The van der Waals surface area contributed by atoms with Gasteiger partial charge in [0, 0.05) is 12.1 Å². The average molecular weight is 474 g/mol. The Kier molecular flexibility index (Phi) is 9.02. The topological polar surface area (TPSA) is 76.7 Å². The van der Waals surface area contributed by atoms with E-state index in [9.17, 15) is 9.59 Å². The van der Waals surface area contributed by atoms with Crippen LogP contribution in [-0.2, 0) is 9.47 Å². The van der Waals surface area contributed by atoms with Crippen molar-refractivity contribution in [3.63, 3.8) is 0 Å². The number of para-hydroxylation sites is 1. The van der Waals surface area contributed by atoms with Gasteiger partial charge in [0.1, 0.15) is 13.4 Å². The number of esters is 1. The highest BCUT2D eigenvalue weighted by atomic mass is 16.6. The van der Waals surface area contributed by atoms with Gasteiger partial charge in [-0.05, 0) is 57.7 Å². The van der Waals surface area contributed by atoms with Crippen molar-refractivity contribution in [2.45, 2.75) is 71.4 Å². The SMILES string of the molecule is [B]c1ccc(C(CC(Nc2ccccc2C(=O)OCCCC)=C2CC2)NC(=O)OC(C)(C)C)cc1. The molecule has 1 fully saturated rings. The van der Waals surface area contributed by atoms with Gasteiger partial charge in [0.05, 0.1) is 23.9 Å². The number of hydrogen-bond donors (Lipinski definition) is 2. The van der Waals surface area contributed by atoms with Crippen LogP contribution < -0.4 is 16.1 Å². The molecule has 1 amide bonds. The fraction of sp³-hybridized carbons (Fsp3) is 0.429. The van der Waals surface area contributed by atoms with E-state index in [1.54, 1.807) is 6.07 Å². The first-order valence-corrected chi connectivity index (χ1v) is 12.3. The summed E-state index contributed by atoms with van der Waals surface area (Å²) in [6.45, 7) is 7.96. The van der Waals surface area contributed by atoms with Gasteiger partial charge >= 0.3 is 12.1 Å². The number of amides is 1. The molecular formula is C28H35BN2O4. The first-order chi connectivity index (χ1) is 16.7. The lowest BCUT2D eigenvalue weighted by molar-refractivity contribution is 0.0492. The number of carbonyl (C=O) groups excluding carboxylic acids is 2. The van der Waals surface area contributed by atoms with E-state index in [2.05, 4.69) is 17.6 Å². The molecular weight excluding hydrogens is 439 g/mol. The molecule has 6 nitrogen and oxygen atoms in total. The molecule has 1 aliphatic carbocycles. The van der Waals surface area contributed by atoms with Crippen molar-refractivity contribution in [3.05, 3.63) is 70.9 Å². The normalized spacial score (nSPS) is 13.5. The van der Waals surface area contributed by atoms with Crippen LogP contribution in [0.15, 0.2) is 59.8 Å². The summed E-state index contributed by atoms with van der Waals surface area (Å²) < 4.78 is 11.0. The second kappa shape index (κ2) is 12.0. The van der Waals surface area contributed by atoms with Crippen LogP contribution in [0.25, 0.3) is 0 Å². The molecule has 184 valence electrons. The summed E-state index contributed by atoms with van der Waals surface area (Å²) in [5, 5.41) is 6.49. The van der Waals surface area contributed by atoms with Crippen LogP contribution in [0.2, 0.25) is 0 Å². The van der Waals surface area contributed by atoms with Gasteiger partial charge in [-0.3, -0.25) is 0 Å². The van der Waals surface area contributed by atoms with Crippen LogP contribution in [0.5, 0.6) is 0 Å². The Hall–Kier alpha value is -3.22. The number of benzene rings is 2. The molecule has 0 saturated heterocycles. The van der Waals surface area contributed by atoms with E-state index in [-0.39, 0.29) is 12.0 Å². The molecule has 1 aliphatic rings. The fourth-order valence-electron chi connectivity index (χ4n) is 3.60. The summed E-state index contributed by atoms with van der Waals surface area (Å²) in [7, 11) is 5.88. The Balaban J connectivity index is 1.82. The quantitative estimate of drug-likeness (QED) is 0.268. The van der Waals surface area contributed by atoms with Crippen molar-refractivity contribution < 1.29 is 19.1 Å². The highest BCUT2D eigenvalue weighted by Crippen LogP contribution is 2.37. The van der Waals surface area contributed by atoms with Gasteiger partial charge in [-0.15, -0.1) is 0 Å². The van der Waals surface area contributed by atoms with Crippen LogP contribution in [0, 0.1) is 0 Å². The fourth-order valence-corrected chi connectivity index (χ4v) is 3.60. The Labute approximate surface area is 209 Å². The monoisotopic (exact) mass is 474 g/mol. The molecule has 7 heteroatoms. The van der Waals surface area contributed by atoms with E-state index in [1.807, 2.05) is 63.2 Å². The number of rotatable bonds is 10. The van der Waals surface area contributed by atoms with Gasteiger partial charge in [-0.1, -0.05) is 60.8 Å². The molecule has 2 aromatic rings. The lowest BCUT2D eigenvalue weighted by Gasteiger charge is -2.25. The maximum Gasteiger partial charge on any atom is 0.408 e. The Morgan fingerprint density at radius 3 is 2.37 bits per heavy atom. The minimum absolute atomic E-state index is 0.343. The molecule has 0 spiro atoms. The number of ether oxygens (including phenoxy) is 2. The number of allylic oxidation sites excluding steroid dienone is 1. The smallest absolute Gasteiger partial charge is 0.408 e. The zero-order chi connectivity index (χ0) is 25.4. The molecule has 2 aromatic carbocycles. The second-order valence-corrected chi connectivity index (χ2v) is 9.81. The summed E-state index contributed by atoms with van der Waals surface area (Å²) in [4.78, 5) is 25.3. The molecule has 1 atom stereocenters. The highest BCUT2D eigenvalue weighted by Gasteiger charge is 2.26. The number of alkyl carbamates (subject to hydrolysis) is 1. The van der Waals surface area contributed by atoms with Gasteiger partial charge in [0.15, 0.2) is 0 Å². The number of nitrogens with one attached hydrogen (secondary N) is 2. The van der Waals surface area contributed by atoms with E-state index in [4.69, 9.17) is 17.3 Å². The molecule has 0 aromatic heterocycles. The zero-order valence-electron chi connectivity index (χ0n) is 21.1. The zero-order valence-corrected chi connectivity index (χ0v) is 21.1. The standard InChI is InChI=1S/C28H35BN2O4/c1-5-6-17-34-26(32)22-9-7-8-10-23(22)30-24(19-11-12-19)18-25(20-13-15-21(29)16-14-20)31-27(33)35-28(2,3)4/h7-10,13-16,25,30H,5-6,11-12,17-18H2,1-4H3,(H,31,33). The van der Waals surface area contributed by atoms with E-state index in [1.165, 1.54) is 5.57 Å². The highest BCUT2D eigenvalue weighted by molar-refractivity contribution is 6.32. The third kappa shape index (κ3) is 8.50. The first-order valence-electron chi connectivity index (χ1n) is 12.3. The summed E-state index contributed by atoms with van der Waals surface area (Å²) >= 11 is 0. The maximum absolute atomic E-state index is 12.7. The van der Waals surface area contributed by atoms with Gasteiger partial charge in [0.25, 0.3) is 0 Å². The Morgan fingerprint density at radius 2 is 1.74 bits per heavy atom. The van der Waals surface area contributed by atoms with Gasteiger partial charge in [-0.25, -0.2) is 9.59 Å². The summed E-state index contributed by atoms with van der Waals surface area (Å²) in [6, 6.07) is 14.5. The van der Waals surface area contributed by atoms with E-state index in [0.29, 0.717) is 29.7 Å². The van der Waals surface area contributed by atoms with Crippen molar-refractivity contribution >= 4 is 31.1 Å². The summed E-state index contributed by atoms with van der Waals surface area (Å²) in [6.07, 6.45) is 3.77. The van der Waals surface area contributed by atoms with Gasteiger partial charge < -0.3 is 20.1 Å². The van der Waals surface area contributed by atoms with Crippen molar-refractivity contribution in [2.75, 3.05) is 11.9 Å². The predicted octanol–water partition coefficient (Wildman–Crippen LogP) is 5.55. The van der Waals surface area contributed by atoms with Crippen LogP contribution in [0.1, 0.15) is 81.8 Å². The third-order valence-corrected chi connectivity index (χ3v) is 5.53. The van der Waals surface area contributed by atoms with Crippen molar-refractivity contribution in [2.24, 2.45) is 0 Å². The Bertz CT molecular complexity index is 1050. The molecule has 2 N–H and O–H groups in total. The van der Waals surface area contributed by atoms with Crippen molar-refractivity contribution in [1.29, 1.82) is 0 Å². The molecule has 0 aliphatic heterocycles. The van der Waals surface area contributed by atoms with E-state index in [0.717, 1.165) is 36.9 Å². The second-order valence-electron chi connectivity index (χ2n) is 9.81. The third-order valence-electron chi connectivity index (χ3n) is 5.53. The van der Waals surface area contributed by atoms with Crippen LogP contribution in [0.3, 0.4) is 0 Å². The van der Waals surface area contributed by atoms with Crippen LogP contribution in [-0.4, -0.2) is 32.1 Å². The van der Waals surface area contributed by atoms with Crippen LogP contribution >= 0.6 is 0 Å². The maximum atomic E-state index is 12.7. The number of anilines is 1. The van der Waals surface area contributed by atoms with Crippen molar-refractivity contribution in [3.8, 4) is 0 Å². The average Bonchev–Trinajstić information content (AvgIpc) is 3.63. The lowest BCUT2D eigenvalue weighted by atomic mass is 9.92. The molecule has 1 saturated carbocycles. The molecule has 0 bridgehead atoms. The number of hydrogen-bond acceptors (Lipinski definition) is 5. The summed E-state index contributed by atoms with van der Waals surface area (Å²) in [5.74, 6) is -0.344. The molecule has 2 radical (unpaired) electrons. The first kappa shape index (κ1) is 26.4. The predicted molar refractivity (Wildman–Crippen MR) is 140 cm³/mol. The van der Waals surface area contributed by atoms with E-state index >= 15 is 0 Å². The number of carbonyl (C=O) groups is 2. The molecule has 1 unspecified atom stereocenters. The Morgan fingerprint density at radius 1 is 1.06 bits per heavy atom. The molecule has 0 heterocycles. The van der Waals surface area contributed by atoms with Gasteiger partial charge in [-0.2, -0.15) is 0 Å². The van der Waals surface area contributed by atoms with Crippen molar-refractivity contribution in [1.82, 2.24) is 5.32 Å². The largest absolute Gasteiger partial charge is 0.462 e.